The average Bonchev–Trinajstić information content (AvgIpc) is 2.48. The highest BCUT2D eigenvalue weighted by Gasteiger charge is 2.31. The van der Waals surface area contributed by atoms with Crippen molar-refractivity contribution >= 4 is 34.6 Å². The Bertz CT molecular complexity index is 539. The number of nitro benzene ring substituents is 1. The summed E-state index contributed by atoms with van der Waals surface area (Å²) in [6.45, 7) is 5.72. The maximum atomic E-state index is 11.3. The third kappa shape index (κ3) is 3.42. The van der Waals surface area contributed by atoms with Gasteiger partial charge in [0.05, 0.1) is 15.0 Å². The van der Waals surface area contributed by atoms with Crippen molar-refractivity contribution in [1.29, 1.82) is 0 Å². The molecule has 0 saturated carbocycles. The minimum absolute atomic E-state index is 0.0135. The molecule has 1 heterocycles. The van der Waals surface area contributed by atoms with Crippen LogP contribution < -0.4 is 10.2 Å². The first-order chi connectivity index (χ1) is 9.97. The number of halogens is 2. The van der Waals surface area contributed by atoms with Gasteiger partial charge in [0.2, 0.25) is 0 Å². The molecule has 0 bridgehead atoms. The van der Waals surface area contributed by atoms with E-state index in [-0.39, 0.29) is 16.8 Å². The lowest BCUT2D eigenvalue weighted by Crippen LogP contribution is -2.56. The van der Waals surface area contributed by atoms with Crippen molar-refractivity contribution in [2.45, 2.75) is 38.8 Å². The monoisotopic (exact) mass is 331 g/mol. The van der Waals surface area contributed by atoms with Crippen molar-refractivity contribution in [3.8, 4) is 0 Å². The fourth-order valence-corrected chi connectivity index (χ4v) is 3.02. The van der Waals surface area contributed by atoms with Crippen LogP contribution in [-0.2, 0) is 0 Å². The smallest absolute Gasteiger partial charge is 0.294 e. The first-order valence-corrected chi connectivity index (χ1v) is 7.86. The molecule has 0 radical (unpaired) electrons. The van der Waals surface area contributed by atoms with Crippen LogP contribution >= 0.6 is 23.2 Å². The summed E-state index contributed by atoms with van der Waals surface area (Å²) in [7, 11) is 0. The Morgan fingerprint density at radius 2 is 2.00 bits per heavy atom. The summed E-state index contributed by atoms with van der Waals surface area (Å²) in [5.41, 5.74) is 0.570. The van der Waals surface area contributed by atoms with Crippen molar-refractivity contribution < 1.29 is 4.92 Å². The van der Waals surface area contributed by atoms with Gasteiger partial charge in [-0.1, -0.05) is 37.0 Å². The van der Waals surface area contributed by atoms with Gasteiger partial charge in [-0.15, -0.1) is 0 Å². The second kappa shape index (κ2) is 6.81. The van der Waals surface area contributed by atoms with Crippen LogP contribution in [0.1, 0.15) is 26.7 Å². The van der Waals surface area contributed by atoms with Crippen LogP contribution in [0.3, 0.4) is 0 Å². The molecule has 21 heavy (non-hydrogen) atoms. The Morgan fingerprint density at radius 3 is 2.57 bits per heavy atom. The Hall–Kier alpha value is -1.04. The normalized spacial score (nSPS) is 22.4. The van der Waals surface area contributed by atoms with Crippen LogP contribution in [0.4, 0.5) is 11.4 Å². The molecule has 1 saturated heterocycles. The summed E-state index contributed by atoms with van der Waals surface area (Å²) in [4.78, 5) is 13.0. The van der Waals surface area contributed by atoms with E-state index >= 15 is 0 Å². The lowest BCUT2D eigenvalue weighted by atomic mass is 10.0. The average molecular weight is 332 g/mol. The quantitative estimate of drug-likeness (QED) is 0.672. The highest BCUT2D eigenvalue weighted by atomic mass is 35.5. The molecule has 2 unspecified atom stereocenters. The maximum absolute atomic E-state index is 11.3. The van der Waals surface area contributed by atoms with Gasteiger partial charge in [0.25, 0.3) is 5.69 Å². The predicted molar refractivity (Wildman–Crippen MR) is 86.6 cm³/mol. The van der Waals surface area contributed by atoms with Crippen molar-refractivity contribution in [3.05, 3.63) is 32.3 Å². The third-order valence-corrected chi connectivity index (χ3v) is 4.71. The van der Waals surface area contributed by atoms with E-state index in [1.807, 2.05) is 0 Å². The Morgan fingerprint density at radius 1 is 1.33 bits per heavy atom. The van der Waals surface area contributed by atoms with E-state index in [0.29, 0.717) is 16.8 Å². The van der Waals surface area contributed by atoms with Crippen LogP contribution in [0.5, 0.6) is 0 Å². The Balaban J connectivity index is 2.46. The lowest BCUT2D eigenvalue weighted by molar-refractivity contribution is -0.384. The van der Waals surface area contributed by atoms with Gasteiger partial charge < -0.3 is 10.2 Å². The summed E-state index contributed by atoms with van der Waals surface area (Å²) in [5, 5.41) is 15.4. The number of nitrogens with zero attached hydrogens (tertiary/aromatic N) is 2. The molecule has 1 aromatic rings. The Labute approximate surface area is 134 Å². The lowest BCUT2D eigenvalue weighted by Gasteiger charge is -2.41. The molecule has 1 aliphatic heterocycles. The van der Waals surface area contributed by atoms with Crippen molar-refractivity contribution in [2.24, 2.45) is 0 Å². The van der Waals surface area contributed by atoms with Gasteiger partial charge in [0, 0.05) is 31.2 Å². The highest BCUT2D eigenvalue weighted by molar-refractivity contribution is 6.42. The molecule has 0 aromatic heterocycles. The van der Waals surface area contributed by atoms with Gasteiger partial charge in [-0.3, -0.25) is 10.1 Å². The largest absolute Gasteiger partial charge is 0.360 e. The summed E-state index contributed by atoms with van der Waals surface area (Å²) >= 11 is 12.0. The number of hydrogen-bond acceptors (Lipinski definition) is 4. The van der Waals surface area contributed by atoms with Crippen molar-refractivity contribution in [2.75, 3.05) is 18.0 Å². The van der Waals surface area contributed by atoms with Crippen LogP contribution in [0, 0.1) is 10.1 Å². The zero-order chi connectivity index (χ0) is 15.6. The van der Waals surface area contributed by atoms with Gasteiger partial charge in [0.15, 0.2) is 0 Å². The first-order valence-electron chi connectivity index (χ1n) is 7.11. The molecule has 116 valence electrons. The minimum atomic E-state index is -0.396. The van der Waals surface area contributed by atoms with Crippen LogP contribution in [0.15, 0.2) is 12.1 Å². The van der Waals surface area contributed by atoms with Crippen LogP contribution in [0.2, 0.25) is 10.0 Å². The van der Waals surface area contributed by atoms with E-state index < -0.39 is 4.92 Å². The maximum Gasteiger partial charge on any atom is 0.294 e. The standard InChI is InChI=1S/C14H19Cl2N3O2/c1-3-9-8-18(10(4-2)7-17-9)13-5-11(15)12(16)6-14(13)19(20)21/h5-6,9-10,17H,3-4,7-8H2,1-2H3. The molecular formula is C14H19Cl2N3O2. The SMILES string of the molecule is CCC1CN(c2cc(Cl)c(Cl)cc2[N+](=O)[O-])C(CC)CN1. The van der Waals surface area contributed by atoms with Crippen molar-refractivity contribution in [1.82, 2.24) is 5.32 Å². The molecule has 1 aliphatic rings. The van der Waals surface area contributed by atoms with Crippen LogP contribution in [0.25, 0.3) is 0 Å². The third-order valence-electron chi connectivity index (χ3n) is 3.99. The number of nitrogens with one attached hydrogen (secondary N) is 1. The van der Waals surface area contributed by atoms with Gasteiger partial charge in [0.1, 0.15) is 5.69 Å². The molecule has 1 N–H and O–H groups in total. The van der Waals surface area contributed by atoms with Gasteiger partial charge in [-0.25, -0.2) is 0 Å². The summed E-state index contributed by atoms with van der Waals surface area (Å²) in [5.74, 6) is 0. The topological polar surface area (TPSA) is 58.4 Å². The molecule has 1 aromatic carbocycles. The number of benzene rings is 1. The molecule has 0 aliphatic carbocycles. The molecule has 5 nitrogen and oxygen atoms in total. The fraction of sp³-hybridized carbons (Fsp3) is 0.571. The van der Waals surface area contributed by atoms with Gasteiger partial charge in [-0.2, -0.15) is 0 Å². The van der Waals surface area contributed by atoms with Crippen molar-refractivity contribution in [3.63, 3.8) is 0 Å². The summed E-state index contributed by atoms with van der Waals surface area (Å²) in [6.07, 6.45) is 1.88. The van der Waals surface area contributed by atoms with E-state index in [1.165, 1.54) is 6.07 Å². The second-order valence-electron chi connectivity index (χ2n) is 5.24. The molecule has 0 amide bonds. The molecular weight excluding hydrogens is 313 g/mol. The fourth-order valence-electron chi connectivity index (χ4n) is 2.70. The van der Waals surface area contributed by atoms with Gasteiger partial charge in [-0.05, 0) is 18.9 Å². The number of rotatable bonds is 4. The van der Waals surface area contributed by atoms with E-state index in [1.54, 1.807) is 6.07 Å². The second-order valence-corrected chi connectivity index (χ2v) is 6.05. The minimum Gasteiger partial charge on any atom is -0.360 e. The first kappa shape index (κ1) is 16.3. The number of piperazine rings is 1. The number of nitro groups is 1. The molecule has 2 atom stereocenters. The Kier molecular flexibility index (Phi) is 5.30. The molecule has 1 fully saturated rings. The zero-order valence-electron chi connectivity index (χ0n) is 12.1. The molecule has 7 heteroatoms. The van der Waals surface area contributed by atoms with E-state index in [0.717, 1.165) is 25.9 Å². The molecule has 0 spiro atoms. The number of anilines is 1. The highest BCUT2D eigenvalue weighted by Crippen LogP contribution is 2.38. The predicted octanol–water partition coefficient (Wildman–Crippen LogP) is 3.87. The zero-order valence-corrected chi connectivity index (χ0v) is 13.6. The van der Waals surface area contributed by atoms with E-state index in [9.17, 15) is 10.1 Å². The van der Waals surface area contributed by atoms with Crippen LogP contribution in [-0.4, -0.2) is 30.1 Å². The molecule has 2 rings (SSSR count). The van der Waals surface area contributed by atoms with E-state index in [2.05, 4.69) is 24.1 Å². The van der Waals surface area contributed by atoms with E-state index in [4.69, 9.17) is 23.2 Å². The van der Waals surface area contributed by atoms with Gasteiger partial charge >= 0.3 is 0 Å². The number of hydrogen-bond donors (Lipinski definition) is 1. The summed E-state index contributed by atoms with van der Waals surface area (Å²) in [6, 6.07) is 3.49. The summed E-state index contributed by atoms with van der Waals surface area (Å²) < 4.78 is 0.